The summed E-state index contributed by atoms with van der Waals surface area (Å²) >= 11 is 1.45. The van der Waals surface area contributed by atoms with Crippen LogP contribution in [0.2, 0.25) is 0 Å². The summed E-state index contributed by atoms with van der Waals surface area (Å²) in [5.41, 5.74) is 4.21. The Kier molecular flexibility index (Phi) is 14.0. The standard InChI is InChI=1S/C15H12FN.C10H10O2S.C7H14.C2H6/c1-2-12-9-14(7-8-15(12)16)13-5-3-11(10-17)4-6-13;1-6(11)10-9(12)7-4-2-3-5-8(7)13-10;1-7-5-3-2-4-6-7;1-2/h3-9H,2H2,1H3;2-5,9-10,12H,1H3;7H,2-6H2,1H3;1-2H3. The molecule has 1 saturated carbocycles. The number of aliphatic hydroxyl groups is 1. The lowest BCUT2D eigenvalue weighted by atomic mass is 9.91. The normalized spacial score (nSPS) is 17.6. The highest BCUT2D eigenvalue weighted by Crippen LogP contribution is 2.44. The second-order valence-electron chi connectivity index (χ2n) is 9.72. The molecule has 0 spiro atoms. The van der Waals surface area contributed by atoms with Crippen molar-refractivity contribution in [3.63, 3.8) is 0 Å². The van der Waals surface area contributed by atoms with Gasteiger partial charge in [-0.05, 0) is 71.8 Å². The van der Waals surface area contributed by atoms with Crippen molar-refractivity contribution >= 4 is 17.5 Å². The van der Waals surface area contributed by atoms with Crippen molar-refractivity contribution in [2.45, 2.75) is 89.4 Å². The molecule has 2 unspecified atom stereocenters. The average molecular weight is 548 g/mol. The van der Waals surface area contributed by atoms with Gasteiger partial charge in [0.2, 0.25) is 0 Å². The lowest BCUT2D eigenvalue weighted by Crippen LogP contribution is -2.17. The van der Waals surface area contributed by atoms with Crippen LogP contribution in [0.1, 0.15) is 89.5 Å². The van der Waals surface area contributed by atoms with Crippen molar-refractivity contribution in [1.82, 2.24) is 0 Å². The number of Topliss-reactive ketones (excluding diaryl/α,β-unsaturated/α-hetero) is 1. The van der Waals surface area contributed by atoms with E-state index in [1.165, 1.54) is 56.9 Å². The number of ketones is 1. The number of halogens is 1. The van der Waals surface area contributed by atoms with E-state index in [1.54, 1.807) is 18.2 Å². The Bertz CT molecular complexity index is 1210. The molecule has 2 atom stereocenters. The van der Waals surface area contributed by atoms with E-state index in [0.717, 1.165) is 27.5 Å². The lowest BCUT2D eigenvalue weighted by molar-refractivity contribution is -0.118. The zero-order valence-corrected chi connectivity index (χ0v) is 24.7. The predicted molar refractivity (Wildman–Crippen MR) is 161 cm³/mol. The fourth-order valence-electron chi connectivity index (χ4n) is 4.57. The third kappa shape index (κ3) is 9.64. The van der Waals surface area contributed by atoms with Crippen LogP contribution >= 0.6 is 11.8 Å². The molecule has 1 heterocycles. The fraction of sp³-hybridized carbons (Fsp3) is 0.412. The first-order valence-electron chi connectivity index (χ1n) is 14.1. The van der Waals surface area contributed by atoms with Gasteiger partial charge in [0.15, 0.2) is 0 Å². The Balaban J connectivity index is 0.000000214. The largest absolute Gasteiger partial charge is 0.387 e. The molecule has 208 valence electrons. The van der Waals surface area contributed by atoms with E-state index in [9.17, 15) is 14.3 Å². The molecule has 1 N–H and O–H groups in total. The number of nitrogens with zero attached hydrogens (tertiary/aromatic N) is 1. The van der Waals surface area contributed by atoms with E-state index in [1.807, 2.05) is 63.2 Å². The minimum Gasteiger partial charge on any atom is -0.387 e. The maximum absolute atomic E-state index is 13.4. The zero-order valence-electron chi connectivity index (χ0n) is 23.9. The third-order valence-electron chi connectivity index (χ3n) is 6.85. The number of aliphatic hydroxyl groups excluding tert-OH is 1. The highest BCUT2D eigenvalue weighted by molar-refractivity contribution is 8.01. The summed E-state index contributed by atoms with van der Waals surface area (Å²) in [5.74, 6) is 0.910. The van der Waals surface area contributed by atoms with Crippen LogP contribution in [0, 0.1) is 23.1 Å². The first kappa shape index (κ1) is 32.3. The van der Waals surface area contributed by atoms with Crippen LogP contribution in [0.5, 0.6) is 0 Å². The van der Waals surface area contributed by atoms with Crippen LogP contribution in [0.3, 0.4) is 0 Å². The van der Waals surface area contributed by atoms with E-state index in [4.69, 9.17) is 5.26 Å². The molecule has 0 aromatic heterocycles. The molecule has 1 aliphatic carbocycles. The molecule has 5 heteroatoms. The topological polar surface area (TPSA) is 61.1 Å². The number of carbonyl (C=O) groups is 1. The summed E-state index contributed by atoms with van der Waals surface area (Å²) in [7, 11) is 0. The number of nitriles is 1. The third-order valence-corrected chi connectivity index (χ3v) is 8.32. The molecular formula is C34H42FNO2S. The number of hydrogen-bond acceptors (Lipinski definition) is 4. The van der Waals surface area contributed by atoms with Crippen LogP contribution in [0.25, 0.3) is 11.1 Å². The maximum Gasteiger partial charge on any atom is 0.146 e. The monoisotopic (exact) mass is 547 g/mol. The molecule has 0 bridgehead atoms. The Labute approximate surface area is 238 Å². The molecular weight excluding hydrogens is 505 g/mol. The quantitative estimate of drug-likeness (QED) is 0.355. The van der Waals surface area contributed by atoms with Crippen LogP contribution in [-0.2, 0) is 11.2 Å². The minimum atomic E-state index is -0.626. The Morgan fingerprint density at radius 2 is 1.62 bits per heavy atom. The van der Waals surface area contributed by atoms with Gasteiger partial charge in [-0.15, -0.1) is 11.8 Å². The molecule has 0 amide bonds. The Morgan fingerprint density at radius 3 is 2.13 bits per heavy atom. The van der Waals surface area contributed by atoms with Gasteiger partial charge in [0, 0.05) is 4.90 Å². The van der Waals surface area contributed by atoms with Crippen LogP contribution in [0.4, 0.5) is 4.39 Å². The van der Waals surface area contributed by atoms with Crippen molar-refractivity contribution < 1.29 is 14.3 Å². The molecule has 1 fully saturated rings. The number of rotatable bonds is 3. The molecule has 1 aliphatic heterocycles. The average Bonchev–Trinajstić information content (AvgIpc) is 3.32. The van der Waals surface area contributed by atoms with Gasteiger partial charge in [-0.2, -0.15) is 5.26 Å². The van der Waals surface area contributed by atoms with Crippen molar-refractivity contribution in [2.24, 2.45) is 5.92 Å². The first-order valence-corrected chi connectivity index (χ1v) is 14.9. The molecule has 0 radical (unpaired) electrons. The van der Waals surface area contributed by atoms with E-state index >= 15 is 0 Å². The molecule has 0 saturated heterocycles. The Morgan fingerprint density at radius 1 is 1.00 bits per heavy atom. The SMILES string of the molecule is CC.CC(=O)C1Sc2ccccc2C1O.CC1CCCCC1.CCc1cc(-c2ccc(C#N)cc2)ccc1F. The van der Waals surface area contributed by atoms with E-state index in [0.29, 0.717) is 17.5 Å². The smallest absolute Gasteiger partial charge is 0.146 e. The molecule has 3 nitrogen and oxygen atoms in total. The van der Waals surface area contributed by atoms with E-state index in [-0.39, 0.29) is 16.9 Å². The van der Waals surface area contributed by atoms with E-state index < -0.39 is 6.10 Å². The number of aryl methyl sites for hydroxylation is 1. The van der Waals surface area contributed by atoms with Crippen LogP contribution < -0.4 is 0 Å². The first-order chi connectivity index (χ1) is 18.8. The molecule has 3 aromatic rings. The summed E-state index contributed by atoms with van der Waals surface area (Å²) in [6.07, 6.45) is 7.49. The number of fused-ring (bicyclic) bond motifs is 1. The highest BCUT2D eigenvalue weighted by Gasteiger charge is 2.34. The summed E-state index contributed by atoms with van der Waals surface area (Å²) < 4.78 is 13.4. The van der Waals surface area contributed by atoms with E-state index in [2.05, 4.69) is 13.0 Å². The summed E-state index contributed by atoms with van der Waals surface area (Å²) in [4.78, 5) is 12.2. The predicted octanol–water partition coefficient (Wildman–Crippen LogP) is 9.32. The Hall–Kier alpha value is -2.94. The summed E-state index contributed by atoms with van der Waals surface area (Å²) in [6, 6.07) is 22.1. The van der Waals surface area contributed by atoms with Crippen molar-refractivity contribution in [1.29, 1.82) is 5.26 Å². The second kappa shape index (κ2) is 16.9. The van der Waals surface area contributed by atoms with Crippen LogP contribution in [0.15, 0.2) is 71.6 Å². The maximum atomic E-state index is 13.4. The zero-order chi connectivity index (χ0) is 28.8. The molecule has 5 rings (SSSR count). The molecule has 3 aromatic carbocycles. The van der Waals surface area contributed by atoms with Crippen molar-refractivity contribution in [2.75, 3.05) is 0 Å². The van der Waals surface area contributed by atoms with Crippen molar-refractivity contribution in [3.05, 3.63) is 89.2 Å². The van der Waals surface area contributed by atoms with Crippen molar-refractivity contribution in [3.8, 4) is 17.2 Å². The minimum absolute atomic E-state index is 0.0358. The van der Waals surface area contributed by atoms with Gasteiger partial charge in [0.1, 0.15) is 11.6 Å². The van der Waals surface area contributed by atoms with Gasteiger partial charge in [-0.25, -0.2) is 4.39 Å². The second-order valence-corrected chi connectivity index (χ2v) is 10.9. The van der Waals surface area contributed by atoms with Gasteiger partial charge in [0.05, 0.1) is 23.0 Å². The van der Waals surface area contributed by atoms with Gasteiger partial charge in [0.25, 0.3) is 0 Å². The van der Waals surface area contributed by atoms with Gasteiger partial charge in [-0.3, -0.25) is 4.79 Å². The summed E-state index contributed by atoms with van der Waals surface area (Å²) in [6.45, 7) is 9.81. The number of hydrogen-bond donors (Lipinski definition) is 1. The number of benzene rings is 3. The fourth-order valence-corrected chi connectivity index (χ4v) is 5.77. The van der Waals surface area contributed by atoms with Gasteiger partial charge >= 0.3 is 0 Å². The molecule has 39 heavy (non-hydrogen) atoms. The lowest BCUT2D eigenvalue weighted by Gasteiger charge is -2.15. The highest BCUT2D eigenvalue weighted by atomic mass is 32.2. The summed E-state index contributed by atoms with van der Waals surface area (Å²) in [5, 5.41) is 18.2. The van der Waals surface area contributed by atoms with Crippen LogP contribution in [-0.4, -0.2) is 16.1 Å². The number of thioether (sulfide) groups is 1. The number of carbonyl (C=O) groups excluding carboxylic acids is 1. The van der Waals surface area contributed by atoms with Gasteiger partial charge < -0.3 is 5.11 Å². The van der Waals surface area contributed by atoms with Gasteiger partial charge in [-0.1, -0.05) is 96.2 Å². The molecule has 2 aliphatic rings.